The molecule has 3 heteroatoms. The smallest absolute Gasteiger partial charge is 0.160 e. The summed E-state index contributed by atoms with van der Waals surface area (Å²) in [4.78, 5) is 0. The van der Waals surface area contributed by atoms with Crippen LogP contribution in [-0.2, 0) is 0 Å². The van der Waals surface area contributed by atoms with Crippen molar-refractivity contribution in [1.82, 2.24) is 0 Å². The van der Waals surface area contributed by atoms with Gasteiger partial charge in [0, 0.05) is 15.5 Å². The van der Waals surface area contributed by atoms with Crippen molar-refractivity contribution in [2.45, 2.75) is 0 Å². The molecule has 0 aliphatic rings. The Hall–Kier alpha value is -1.84. The van der Waals surface area contributed by atoms with Crippen LogP contribution in [0.4, 0.5) is 0 Å². The second-order valence-corrected chi connectivity index (χ2v) is 7.15. The van der Waals surface area contributed by atoms with E-state index >= 15 is 0 Å². The summed E-state index contributed by atoms with van der Waals surface area (Å²) in [5.41, 5.74) is 0. The molecule has 0 saturated carbocycles. The summed E-state index contributed by atoms with van der Waals surface area (Å²) < 4.78 is 8.49. The van der Waals surface area contributed by atoms with E-state index in [0.717, 1.165) is 26.1 Å². The zero-order chi connectivity index (χ0) is 14.2. The fourth-order valence-electron chi connectivity index (χ4n) is 2.48. The first kappa shape index (κ1) is 12.9. The molecule has 0 bridgehead atoms. The van der Waals surface area contributed by atoms with Crippen LogP contribution >= 0.6 is 27.3 Å². The molecule has 0 atom stereocenters. The first-order valence-corrected chi connectivity index (χ1v) is 8.26. The fourth-order valence-corrected chi connectivity index (χ4v) is 4.15. The highest BCUT2D eigenvalue weighted by Crippen LogP contribution is 2.44. The third kappa shape index (κ3) is 2.23. The van der Waals surface area contributed by atoms with Gasteiger partial charge in [-0.05, 0) is 39.5 Å². The van der Waals surface area contributed by atoms with Crippen molar-refractivity contribution in [2.24, 2.45) is 0 Å². The van der Waals surface area contributed by atoms with Gasteiger partial charge >= 0.3 is 0 Å². The molecular weight excluding hydrogens is 344 g/mol. The lowest BCUT2D eigenvalue weighted by molar-refractivity contribution is 0.493. The second-order valence-electron chi connectivity index (χ2n) is 4.78. The Morgan fingerprint density at radius 2 is 1.48 bits per heavy atom. The number of ether oxygens (including phenoxy) is 1. The molecule has 0 radical (unpaired) electrons. The molecule has 0 amide bonds. The van der Waals surface area contributed by atoms with Gasteiger partial charge in [0.1, 0.15) is 9.54 Å². The van der Waals surface area contributed by atoms with Gasteiger partial charge < -0.3 is 4.74 Å². The van der Waals surface area contributed by atoms with Gasteiger partial charge in [0.15, 0.2) is 5.75 Å². The summed E-state index contributed by atoms with van der Waals surface area (Å²) in [6.07, 6.45) is 0. The molecule has 1 aromatic heterocycles. The van der Waals surface area contributed by atoms with Crippen LogP contribution in [0.5, 0.6) is 11.5 Å². The van der Waals surface area contributed by atoms with Gasteiger partial charge in [-0.2, -0.15) is 0 Å². The SMILES string of the molecule is Brc1sc2ccccc2c1Oc1cccc2ccccc12. The van der Waals surface area contributed by atoms with E-state index in [0.29, 0.717) is 0 Å². The third-order valence-corrected chi connectivity index (χ3v) is 5.26. The Morgan fingerprint density at radius 3 is 2.38 bits per heavy atom. The maximum absolute atomic E-state index is 6.24. The summed E-state index contributed by atoms with van der Waals surface area (Å²) in [5, 5.41) is 3.45. The van der Waals surface area contributed by atoms with Gasteiger partial charge in [-0.3, -0.25) is 0 Å². The summed E-state index contributed by atoms with van der Waals surface area (Å²) in [6.45, 7) is 0. The van der Waals surface area contributed by atoms with E-state index in [1.54, 1.807) is 11.3 Å². The van der Waals surface area contributed by atoms with Crippen molar-refractivity contribution in [3.63, 3.8) is 0 Å². The Kier molecular flexibility index (Phi) is 3.17. The number of rotatable bonds is 2. The molecule has 0 spiro atoms. The maximum Gasteiger partial charge on any atom is 0.160 e. The topological polar surface area (TPSA) is 9.23 Å². The standard InChI is InChI=1S/C18H11BrOS/c19-18-17(14-9-3-4-11-16(14)21-18)20-15-10-5-7-12-6-1-2-8-13(12)15/h1-11H. The van der Waals surface area contributed by atoms with Gasteiger partial charge in [0.25, 0.3) is 0 Å². The molecule has 0 N–H and O–H groups in total. The molecule has 3 aromatic carbocycles. The van der Waals surface area contributed by atoms with Gasteiger partial charge in [-0.15, -0.1) is 11.3 Å². The normalized spacial score (nSPS) is 11.1. The van der Waals surface area contributed by atoms with Crippen LogP contribution in [0.15, 0.2) is 70.5 Å². The van der Waals surface area contributed by atoms with Crippen LogP contribution < -0.4 is 4.74 Å². The summed E-state index contributed by atoms with van der Waals surface area (Å²) >= 11 is 5.32. The summed E-state index contributed by atoms with van der Waals surface area (Å²) in [7, 11) is 0. The third-order valence-electron chi connectivity index (χ3n) is 3.47. The van der Waals surface area contributed by atoms with E-state index in [2.05, 4.69) is 46.3 Å². The van der Waals surface area contributed by atoms with Crippen molar-refractivity contribution in [2.75, 3.05) is 0 Å². The number of fused-ring (bicyclic) bond motifs is 2. The Morgan fingerprint density at radius 1 is 0.762 bits per heavy atom. The quantitative estimate of drug-likeness (QED) is 0.393. The zero-order valence-electron chi connectivity index (χ0n) is 11.0. The first-order valence-electron chi connectivity index (χ1n) is 6.65. The monoisotopic (exact) mass is 354 g/mol. The number of thiophene rings is 1. The Balaban J connectivity index is 1.89. The van der Waals surface area contributed by atoms with Gasteiger partial charge in [0.05, 0.1) is 0 Å². The molecule has 0 fully saturated rings. The van der Waals surface area contributed by atoms with Crippen LogP contribution in [0.3, 0.4) is 0 Å². The minimum Gasteiger partial charge on any atom is -0.454 e. The van der Waals surface area contributed by atoms with Gasteiger partial charge in [-0.1, -0.05) is 48.5 Å². The van der Waals surface area contributed by atoms with Crippen molar-refractivity contribution >= 4 is 48.1 Å². The lowest BCUT2D eigenvalue weighted by Crippen LogP contribution is -1.85. The molecule has 102 valence electrons. The first-order chi connectivity index (χ1) is 10.3. The highest BCUT2D eigenvalue weighted by molar-refractivity contribution is 9.11. The van der Waals surface area contributed by atoms with E-state index in [4.69, 9.17) is 4.74 Å². The second kappa shape index (κ2) is 5.17. The van der Waals surface area contributed by atoms with E-state index in [1.807, 2.05) is 36.4 Å². The largest absolute Gasteiger partial charge is 0.454 e. The van der Waals surface area contributed by atoms with E-state index in [9.17, 15) is 0 Å². The average Bonchev–Trinajstić information content (AvgIpc) is 2.84. The summed E-state index contributed by atoms with van der Waals surface area (Å²) in [5.74, 6) is 1.78. The molecule has 0 aliphatic heterocycles. The highest BCUT2D eigenvalue weighted by Gasteiger charge is 2.13. The molecule has 1 heterocycles. The minimum absolute atomic E-state index is 0.886. The fraction of sp³-hybridized carbons (Fsp3) is 0. The Bertz CT molecular complexity index is 937. The molecule has 1 nitrogen and oxygen atoms in total. The predicted molar refractivity (Wildman–Crippen MR) is 93.5 cm³/mol. The van der Waals surface area contributed by atoms with E-state index in [-0.39, 0.29) is 0 Å². The maximum atomic E-state index is 6.24. The van der Waals surface area contributed by atoms with Crippen LogP contribution in [-0.4, -0.2) is 0 Å². The number of hydrogen-bond acceptors (Lipinski definition) is 2. The molecular formula is C18H11BrOS. The lowest BCUT2D eigenvalue weighted by Gasteiger charge is -2.08. The van der Waals surface area contributed by atoms with E-state index in [1.165, 1.54) is 10.1 Å². The van der Waals surface area contributed by atoms with Crippen molar-refractivity contribution in [3.8, 4) is 11.5 Å². The van der Waals surface area contributed by atoms with E-state index < -0.39 is 0 Å². The average molecular weight is 355 g/mol. The molecule has 4 aromatic rings. The molecule has 21 heavy (non-hydrogen) atoms. The van der Waals surface area contributed by atoms with Crippen LogP contribution in [0.25, 0.3) is 20.9 Å². The number of benzene rings is 3. The van der Waals surface area contributed by atoms with Gasteiger partial charge in [0.2, 0.25) is 0 Å². The number of halogens is 1. The molecule has 0 saturated heterocycles. The zero-order valence-corrected chi connectivity index (χ0v) is 13.4. The summed E-state index contributed by atoms with van der Waals surface area (Å²) in [6, 6.07) is 22.7. The van der Waals surface area contributed by atoms with Gasteiger partial charge in [-0.25, -0.2) is 0 Å². The minimum atomic E-state index is 0.886. The number of hydrogen-bond donors (Lipinski definition) is 0. The van der Waals surface area contributed by atoms with Crippen molar-refractivity contribution in [3.05, 3.63) is 70.5 Å². The van der Waals surface area contributed by atoms with Crippen molar-refractivity contribution < 1.29 is 4.74 Å². The van der Waals surface area contributed by atoms with Crippen molar-refractivity contribution in [1.29, 1.82) is 0 Å². The lowest BCUT2D eigenvalue weighted by atomic mass is 10.1. The van der Waals surface area contributed by atoms with Crippen LogP contribution in [0.1, 0.15) is 0 Å². The highest BCUT2D eigenvalue weighted by atomic mass is 79.9. The molecule has 0 aliphatic carbocycles. The van der Waals surface area contributed by atoms with Crippen LogP contribution in [0.2, 0.25) is 0 Å². The molecule has 4 rings (SSSR count). The van der Waals surface area contributed by atoms with Crippen LogP contribution in [0, 0.1) is 0 Å². The Labute approximate surface area is 134 Å². The predicted octanol–water partition coefficient (Wildman–Crippen LogP) is 6.61. The molecule has 0 unspecified atom stereocenters.